The molecule has 0 aliphatic carbocycles. The highest BCUT2D eigenvalue weighted by atomic mass is 16.5. The summed E-state index contributed by atoms with van der Waals surface area (Å²) in [6, 6.07) is 0. The molecule has 2 heterocycles. The van der Waals surface area contributed by atoms with Gasteiger partial charge >= 0.3 is 0 Å². The average Bonchev–Trinajstić information content (AvgIpc) is 2.40. The van der Waals surface area contributed by atoms with Crippen LogP contribution in [0.5, 0.6) is 0 Å². The van der Waals surface area contributed by atoms with Crippen molar-refractivity contribution in [3.63, 3.8) is 0 Å². The zero-order valence-electron chi connectivity index (χ0n) is 11.8. The Morgan fingerprint density at radius 3 is 2.35 bits per heavy atom. The summed E-state index contributed by atoms with van der Waals surface area (Å²) in [6.07, 6.45) is 1.78. The smallest absolute Gasteiger partial charge is 0.0753 e. The number of nitrogens with one attached hydrogen (secondary N) is 1. The van der Waals surface area contributed by atoms with E-state index in [0.717, 1.165) is 25.9 Å². The molecule has 0 aromatic heterocycles. The van der Waals surface area contributed by atoms with E-state index in [2.05, 4.69) is 39.9 Å². The van der Waals surface area contributed by atoms with Crippen molar-refractivity contribution in [1.82, 2.24) is 5.32 Å². The topological polar surface area (TPSA) is 41.5 Å². The van der Waals surface area contributed by atoms with E-state index in [1.807, 2.05) is 0 Å². The van der Waals surface area contributed by atoms with Crippen LogP contribution in [0.1, 0.15) is 47.5 Å². The highest BCUT2D eigenvalue weighted by Crippen LogP contribution is 2.50. The molecule has 0 aromatic carbocycles. The first-order chi connectivity index (χ1) is 7.67. The maximum Gasteiger partial charge on any atom is 0.0753 e. The number of ether oxygens (including phenoxy) is 1. The summed E-state index contributed by atoms with van der Waals surface area (Å²) >= 11 is 0. The van der Waals surface area contributed by atoms with Gasteiger partial charge in [-0.25, -0.2) is 0 Å². The Hall–Kier alpha value is -0.120. The fraction of sp³-hybridized carbons (Fsp3) is 1.00. The van der Waals surface area contributed by atoms with E-state index in [-0.39, 0.29) is 23.0 Å². The summed E-state index contributed by atoms with van der Waals surface area (Å²) < 4.78 is 6.14. The van der Waals surface area contributed by atoms with E-state index in [0.29, 0.717) is 0 Å². The summed E-state index contributed by atoms with van der Waals surface area (Å²) in [7, 11) is 0. The number of aliphatic hydroxyl groups is 1. The van der Waals surface area contributed by atoms with Crippen LogP contribution in [0.3, 0.4) is 0 Å². The zero-order valence-corrected chi connectivity index (χ0v) is 11.8. The number of rotatable bonds is 1. The third-order valence-electron chi connectivity index (χ3n) is 4.68. The van der Waals surface area contributed by atoms with Crippen molar-refractivity contribution in [3.05, 3.63) is 0 Å². The second-order valence-electron chi connectivity index (χ2n) is 7.07. The molecule has 3 nitrogen and oxygen atoms in total. The van der Waals surface area contributed by atoms with Crippen LogP contribution < -0.4 is 5.32 Å². The Balaban J connectivity index is 2.26. The molecule has 2 aliphatic rings. The van der Waals surface area contributed by atoms with Gasteiger partial charge in [0.25, 0.3) is 0 Å². The van der Waals surface area contributed by atoms with Crippen molar-refractivity contribution in [3.8, 4) is 0 Å². The largest absolute Gasteiger partial charge is 0.389 e. The van der Waals surface area contributed by atoms with Gasteiger partial charge in [0.2, 0.25) is 0 Å². The lowest BCUT2D eigenvalue weighted by Crippen LogP contribution is -2.57. The van der Waals surface area contributed by atoms with Crippen LogP contribution in [0.15, 0.2) is 0 Å². The first-order valence-corrected chi connectivity index (χ1v) is 6.81. The second-order valence-corrected chi connectivity index (χ2v) is 7.07. The highest BCUT2D eigenvalue weighted by Gasteiger charge is 2.56. The minimum Gasteiger partial charge on any atom is -0.389 e. The Kier molecular flexibility index (Phi) is 3.08. The maximum absolute atomic E-state index is 11.1. The predicted molar refractivity (Wildman–Crippen MR) is 69.0 cm³/mol. The Morgan fingerprint density at radius 2 is 1.88 bits per heavy atom. The molecule has 0 spiro atoms. The molecule has 3 atom stereocenters. The van der Waals surface area contributed by atoms with E-state index in [9.17, 15) is 5.11 Å². The molecule has 0 bridgehead atoms. The first kappa shape index (κ1) is 13.3. The van der Waals surface area contributed by atoms with Crippen molar-refractivity contribution < 1.29 is 9.84 Å². The number of hydrogen-bond donors (Lipinski definition) is 2. The molecule has 2 saturated heterocycles. The molecule has 0 amide bonds. The van der Waals surface area contributed by atoms with Gasteiger partial charge in [0.1, 0.15) is 0 Å². The molecule has 2 rings (SSSR count). The van der Waals surface area contributed by atoms with E-state index < -0.39 is 5.60 Å². The Bertz CT molecular complexity index is 301. The van der Waals surface area contributed by atoms with E-state index >= 15 is 0 Å². The van der Waals surface area contributed by atoms with Gasteiger partial charge in [-0.2, -0.15) is 0 Å². The van der Waals surface area contributed by atoms with Gasteiger partial charge in [0.15, 0.2) is 0 Å². The van der Waals surface area contributed by atoms with Crippen LogP contribution in [-0.4, -0.2) is 35.0 Å². The number of piperidine rings is 1. The van der Waals surface area contributed by atoms with Crippen molar-refractivity contribution in [2.24, 2.45) is 11.8 Å². The van der Waals surface area contributed by atoms with E-state index in [4.69, 9.17) is 4.74 Å². The first-order valence-electron chi connectivity index (χ1n) is 6.81. The van der Waals surface area contributed by atoms with Gasteiger partial charge in [-0.15, -0.1) is 0 Å². The van der Waals surface area contributed by atoms with Crippen LogP contribution in [0.2, 0.25) is 0 Å². The molecule has 2 N–H and O–H groups in total. The molecule has 17 heavy (non-hydrogen) atoms. The standard InChI is InChI=1S/C14H27NO2/c1-10-9-15-7-6-14(10,16)11-8-12(2,3)17-13(11,4)5/h10-11,15-16H,6-9H2,1-5H3. The summed E-state index contributed by atoms with van der Waals surface area (Å²) in [6.45, 7) is 12.5. The van der Waals surface area contributed by atoms with Crippen molar-refractivity contribution in [1.29, 1.82) is 0 Å². The van der Waals surface area contributed by atoms with Crippen molar-refractivity contribution >= 4 is 0 Å². The fourth-order valence-electron chi connectivity index (χ4n) is 3.89. The van der Waals surface area contributed by atoms with E-state index in [1.54, 1.807) is 0 Å². The second kappa shape index (κ2) is 3.94. The van der Waals surface area contributed by atoms with Gasteiger partial charge in [0.05, 0.1) is 16.8 Å². The molecule has 0 radical (unpaired) electrons. The van der Waals surface area contributed by atoms with Gasteiger partial charge in [-0.3, -0.25) is 0 Å². The summed E-state index contributed by atoms with van der Waals surface area (Å²) in [5, 5.41) is 14.4. The average molecular weight is 241 g/mol. The Morgan fingerprint density at radius 1 is 1.24 bits per heavy atom. The lowest BCUT2D eigenvalue weighted by molar-refractivity contribution is -0.139. The molecule has 3 unspecified atom stereocenters. The molecular formula is C14H27NO2. The molecule has 2 fully saturated rings. The quantitative estimate of drug-likeness (QED) is 0.737. The third-order valence-corrected chi connectivity index (χ3v) is 4.68. The summed E-state index contributed by atoms with van der Waals surface area (Å²) in [5.41, 5.74) is -0.930. The molecule has 3 heteroatoms. The van der Waals surface area contributed by atoms with Crippen LogP contribution >= 0.6 is 0 Å². The van der Waals surface area contributed by atoms with Crippen LogP contribution in [0, 0.1) is 11.8 Å². The predicted octanol–water partition coefficient (Wildman–Crippen LogP) is 1.94. The molecule has 0 aromatic rings. The Labute approximate surface area is 105 Å². The van der Waals surface area contributed by atoms with Crippen LogP contribution in [-0.2, 0) is 4.74 Å². The summed E-state index contributed by atoms with van der Waals surface area (Å²) in [5.74, 6) is 0.514. The van der Waals surface area contributed by atoms with E-state index in [1.165, 1.54) is 0 Å². The van der Waals surface area contributed by atoms with Crippen LogP contribution in [0.25, 0.3) is 0 Å². The SMILES string of the molecule is CC1CNCCC1(O)C1CC(C)(C)OC1(C)C. The summed E-state index contributed by atoms with van der Waals surface area (Å²) in [4.78, 5) is 0. The molecular weight excluding hydrogens is 214 g/mol. The third kappa shape index (κ3) is 2.25. The van der Waals surface area contributed by atoms with Gasteiger partial charge < -0.3 is 15.2 Å². The number of hydrogen-bond acceptors (Lipinski definition) is 3. The minimum atomic E-state index is -0.581. The van der Waals surface area contributed by atoms with Gasteiger partial charge in [-0.05, 0) is 53.0 Å². The molecule has 2 aliphatic heterocycles. The normalized spacial score (nSPS) is 44.8. The lowest BCUT2D eigenvalue weighted by atomic mass is 9.66. The zero-order chi connectivity index (χ0) is 12.9. The van der Waals surface area contributed by atoms with Crippen molar-refractivity contribution in [2.75, 3.05) is 13.1 Å². The monoisotopic (exact) mass is 241 g/mol. The van der Waals surface area contributed by atoms with Crippen LogP contribution in [0.4, 0.5) is 0 Å². The molecule has 0 saturated carbocycles. The fourth-order valence-corrected chi connectivity index (χ4v) is 3.89. The maximum atomic E-state index is 11.1. The molecule has 100 valence electrons. The van der Waals surface area contributed by atoms with Crippen molar-refractivity contribution in [2.45, 2.75) is 64.3 Å². The van der Waals surface area contributed by atoms with Gasteiger partial charge in [0, 0.05) is 12.5 Å². The minimum absolute atomic E-state index is 0.117. The lowest BCUT2D eigenvalue weighted by Gasteiger charge is -2.46. The highest BCUT2D eigenvalue weighted by molar-refractivity contribution is 5.07. The van der Waals surface area contributed by atoms with Gasteiger partial charge in [-0.1, -0.05) is 6.92 Å².